The van der Waals surface area contributed by atoms with Crippen molar-refractivity contribution < 1.29 is 19.1 Å². The Hall–Kier alpha value is -2.38. The number of halogens is 1. The molecule has 5 rings (SSSR count). The molecule has 2 aliphatic rings. The van der Waals surface area contributed by atoms with Gasteiger partial charge in [0.05, 0.1) is 11.7 Å². The minimum absolute atomic E-state index is 0.0877. The highest BCUT2D eigenvalue weighted by Crippen LogP contribution is 2.35. The Morgan fingerprint density at radius 1 is 1.15 bits per heavy atom. The van der Waals surface area contributed by atoms with Crippen LogP contribution in [0.15, 0.2) is 52.9 Å². The number of furan rings is 1. The minimum atomic E-state index is -0.885. The second-order valence-electron chi connectivity index (χ2n) is 9.14. The Kier molecular flexibility index (Phi) is 6.43. The molecule has 0 spiro atoms. The van der Waals surface area contributed by atoms with Gasteiger partial charge in [-0.1, -0.05) is 29.8 Å². The van der Waals surface area contributed by atoms with Crippen LogP contribution in [0.3, 0.4) is 0 Å². The smallest absolute Gasteiger partial charge is 0.287 e. The van der Waals surface area contributed by atoms with Gasteiger partial charge in [-0.25, -0.2) is 0 Å². The summed E-state index contributed by atoms with van der Waals surface area (Å²) >= 11 is 5.98. The van der Waals surface area contributed by atoms with Crippen LogP contribution in [0, 0.1) is 0 Å². The summed E-state index contributed by atoms with van der Waals surface area (Å²) < 4.78 is 11.3. The summed E-state index contributed by atoms with van der Waals surface area (Å²) in [5.41, 5.74) is 1.84. The fourth-order valence-electron chi connectivity index (χ4n) is 4.76. The van der Waals surface area contributed by atoms with Crippen molar-refractivity contribution in [1.29, 1.82) is 0 Å². The summed E-state index contributed by atoms with van der Waals surface area (Å²) in [4.78, 5) is 14.9. The molecule has 6 nitrogen and oxygen atoms in total. The highest BCUT2D eigenvalue weighted by molar-refractivity contribution is 6.30. The monoisotopic (exact) mass is 468 g/mol. The second-order valence-corrected chi connectivity index (χ2v) is 9.58. The van der Waals surface area contributed by atoms with Gasteiger partial charge < -0.3 is 19.6 Å². The van der Waals surface area contributed by atoms with Crippen molar-refractivity contribution >= 4 is 28.5 Å². The molecule has 2 fully saturated rings. The second kappa shape index (κ2) is 9.47. The fourth-order valence-corrected chi connectivity index (χ4v) is 4.89. The summed E-state index contributed by atoms with van der Waals surface area (Å²) in [5.74, 6) is 0.0439. The number of fused-ring (bicyclic) bond motifs is 1. The number of benzene rings is 2. The van der Waals surface area contributed by atoms with Crippen molar-refractivity contribution in [3.8, 4) is 0 Å². The van der Waals surface area contributed by atoms with E-state index in [2.05, 4.69) is 10.2 Å². The number of hydrogen-bond acceptors (Lipinski definition) is 5. The normalized spacial score (nSPS) is 20.8. The molecule has 1 atom stereocenters. The maximum absolute atomic E-state index is 12.5. The number of carbonyl (C=O) groups excluding carboxylic acids is 1. The number of ether oxygens (including phenoxy) is 1. The average molecular weight is 469 g/mol. The van der Waals surface area contributed by atoms with Crippen molar-refractivity contribution in [1.82, 2.24) is 10.2 Å². The first-order chi connectivity index (χ1) is 16.0. The molecule has 2 saturated heterocycles. The number of amides is 1. The minimum Gasteiger partial charge on any atom is -0.451 e. The lowest BCUT2D eigenvalue weighted by molar-refractivity contribution is -0.0276. The Bertz CT molecular complexity index is 1110. The SMILES string of the molecule is O=C(NC[C@@H]1CCCO1)c1cc2cc(C3(O)CCN(Cc4ccc(Cl)cc4)CC3)ccc2o1. The number of aliphatic hydroxyl groups is 1. The number of likely N-dealkylation sites (tertiary alicyclic amines) is 1. The molecule has 0 unspecified atom stereocenters. The van der Waals surface area contributed by atoms with Crippen LogP contribution in [0.25, 0.3) is 11.0 Å². The summed E-state index contributed by atoms with van der Waals surface area (Å²) in [5, 5.41) is 15.8. The number of nitrogens with one attached hydrogen (secondary N) is 1. The zero-order valence-electron chi connectivity index (χ0n) is 18.6. The molecular formula is C26H29ClN2O4. The number of rotatable bonds is 6. The van der Waals surface area contributed by atoms with Crippen LogP contribution >= 0.6 is 11.6 Å². The molecule has 1 aromatic heterocycles. The van der Waals surface area contributed by atoms with Crippen molar-refractivity contribution in [3.63, 3.8) is 0 Å². The van der Waals surface area contributed by atoms with Gasteiger partial charge in [-0.15, -0.1) is 0 Å². The van der Waals surface area contributed by atoms with E-state index < -0.39 is 5.60 Å². The number of hydrogen-bond donors (Lipinski definition) is 2. The highest BCUT2D eigenvalue weighted by atomic mass is 35.5. The first-order valence-corrected chi connectivity index (χ1v) is 12.0. The maximum Gasteiger partial charge on any atom is 0.287 e. The molecule has 3 aromatic rings. The zero-order chi connectivity index (χ0) is 22.8. The first kappa shape index (κ1) is 22.4. The quantitative estimate of drug-likeness (QED) is 0.558. The van der Waals surface area contributed by atoms with Crippen LogP contribution in [0.1, 0.15) is 47.4 Å². The third kappa shape index (κ3) is 5.09. The predicted molar refractivity (Wildman–Crippen MR) is 127 cm³/mol. The molecule has 2 aromatic carbocycles. The van der Waals surface area contributed by atoms with Gasteiger partial charge in [-0.3, -0.25) is 9.69 Å². The van der Waals surface area contributed by atoms with Gasteiger partial charge in [-0.2, -0.15) is 0 Å². The van der Waals surface area contributed by atoms with Crippen LogP contribution in [-0.4, -0.2) is 48.3 Å². The maximum atomic E-state index is 12.5. The summed E-state index contributed by atoms with van der Waals surface area (Å²) in [7, 11) is 0. The topological polar surface area (TPSA) is 74.9 Å². The molecule has 174 valence electrons. The van der Waals surface area contributed by atoms with Gasteiger partial charge in [0.1, 0.15) is 5.58 Å². The van der Waals surface area contributed by atoms with Crippen molar-refractivity contribution in [2.45, 2.75) is 43.9 Å². The molecule has 2 aliphatic heterocycles. The third-order valence-electron chi connectivity index (χ3n) is 6.79. The number of piperidine rings is 1. The zero-order valence-corrected chi connectivity index (χ0v) is 19.3. The molecule has 1 amide bonds. The van der Waals surface area contributed by atoms with Crippen molar-refractivity contribution in [2.75, 3.05) is 26.2 Å². The van der Waals surface area contributed by atoms with Gasteiger partial charge in [0.15, 0.2) is 5.76 Å². The molecule has 7 heteroatoms. The van der Waals surface area contributed by atoms with Crippen LogP contribution < -0.4 is 5.32 Å². The van der Waals surface area contributed by atoms with Gasteiger partial charge in [0.25, 0.3) is 5.91 Å². The Balaban J connectivity index is 1.22. The first-order valence-electron chi connectivity index (χ1n) is 11.6. The van der Waals surface area contributed by atoms with Gasteiger partial charge in [0.2, 0.25) is 0 Å². The van der Waals surface area contributed by atoms with Gasteiger partial charge in [0, 0.05) is 43.2 Å². The van der Waals surface area contributed by atoms with E-state index in [4.69, 9.17) is 20.8 Å². The standard InChI is InChI=1S/C26H29ClN2O4/c27-21-6-3-18(4-7-21)17-29-11-9-26(31,10-12-29)20-5-8-23-19(14-20)15-24(33-23)25(30)28-16-22-2-1-13-32-22/h3-8,14-15,22,31H,1-2,9-13,16-17H2,(H,28,30)/t22-/m0/s1. The summed E-state index contributed by atoms with van der Waals surface area (Å²) in [6.07, 6.45) is 3.40. The highest BCUT2D eigenvalue weighted by Gasteiger charge is 2.34. The van der Waals surface area contributed by atoms with Crippen molar-refractivity contribution in [3.05, 3.63) is 70.4 Å². The third-order valence-corrected chi connectivity index (χ3v) is 7.05. The molecule has 0 saturated carbocycles. The molecule has 3 heterocycles. The molecule has 0 radical (unpaired) electrons. The Morgan fingerprint density at radius 3 is 2.67 bits per heavy atom. The van der Waals surface area contributed by atoms with Crippen LogP contribution in [-0.2, 0) is 16.9 Å². The van der Waals surface area contributed by atoms with E-state index in [1.807, 2.05) is 42.5 Å². The average Bonchev–Trinajstić information content (AvgIpc) is 3.50. The van der Waals surface area contributed by atoms with Crippen LogP contribution in [0.2, 0.25) is 5.02 Å². The van der Waals surface area contributed by atoms with Gasteiger partial charge >= 0.3 is 0 Å². The lowest BCUT2D eigenvalue weighted by Crippen LogP contribution is -2.42. The lowest BCUT2D eigenvalue weighted by atomic mass is 9.84. The van der Waals surface area contributed by atoms with Crippen LogP contribution in [0.5, 0.6) is 0 Å². The van der Waals surface area contributed by atoms with Gasteiger partial charge in [-0.05, 0) is 67.1 Å². The van der Waals surface area contributed by atoms with Crippen molar-refractivity contribution in [2.24, 2.45) is 0 Å². The Labute approximate surface area is 198 Å². The van der Waals surface area contributed by atoms with Crippen LogP contribution in [0.4, 0.5) is 0 Å². The Morgan fingerprint density at radius 2 is 1.94 bits per heavy atom. The van der Waals surface area contributed by atoms with E-state index in [1.54, 1.807) is 6.07 Å². The summed E-state index contributed by atoms with van der Waals surface area (Å²) in [6.45, 7) is 3.71. The fraction of sp³-hybridized carbons (Fsp3) is 0.423. The van der Waals surface area contributed by atoms with E-state index in [0.29, 0.717) is 25.0 Å². The van der Waals surface area contributed by atoms with E-state index >= 15 is 0 Å². The largest absolute Gasteiger partial charge is 0.451 e. The van der Waals surface area contributed by atoms with E-state index in [1.165, 1.54) is 5.56 Å². The summed E-state index contributed by atoms with van der Waals surface area (Å²) in [6, 6.07) is 15.4. The number of carbonyl (C=O) groups is 1. The van der Waals surface area contributed by atoms with E-state index in [-0.39, 0.29) is 17.8 Å². The predicted octanol–water partition coefficient (Wildman–Crippen LogP) is 4.48. The number of nitrogens with zero attached hydrogens (tertiary/aromatic N) is 1. The lowest BCUT2D eigenvalue weighted by Gasteiger charge is -2.38. The molecule has 0 aliphatic carbocycles. The van der Waals surface area contributed by atoms with E-state index in [9.17, 15) is 9.90 Å². The molecule has 33 heavy (non-hydrogen) atoms. The molecule has 0 bridgehead atoms. The van der Waals surface area contributed by atoms with E-state index in [0.717, 1.165) is 55.1 Å². The molecule has 2 N–H and O–H groups in total. The molecular weight excluding hydrogens is 440 g/mol.